The van der Waals surface area contributed by atoms with Crippen molar-refractivity contribution in [3.8, 4) is 0 Å². The second kappa shape index (κ2) is 68.6. The molecule has 0 aromatic carbocycles. The molecule has 0 bridgehead atoms. The van der Waals surface area contributed by atoms with Crippen molar-refractivity contribution in [1.82, 2.24) is 0 Å². The molecule has 0 fully saturated rings. The molecule has 0 aromatic heterocycles. The van der Waals surface area contributed by atoms with Crippen molar-refractivity contribution in [3.05, 3.63) is 109 Å². The Labute approximate surface area is 501 Å². The number of hydrogen-bond donors (Lipinski definition) is 0. The third-order valence-corrected chi connectivity index (χ3v) is 14.7. The summed E-state index contributed by atoms with van der Waals surface area (Å²) < 4.78 is 16.9. The van der Waals surface area contributed by atoms with Crippen LogP contribution in [-0.2, 0) is 28.6 Å². The van der Waals surface area contributed by atoms with Gasteiger partial charge in [0.15, 0.2) is 6.10 Å². The molecule has 0 radical (unpaired) electrons. The van der Waals surface area contributed by atoms with E-state index in [1.54, 1.807) is 0 Å². The summed E-state index contributed by atoms with van der Waals surface area (Å²) in [6, 6.07) is 0. The highest BCUT2D eigenvalue weighted by Crippen LogP contribution is 2.16. The van der Waals surface area contributed by atoms with E-state index >= 15 is 0 Å². The molecule has 464 valence electrons. The van der Waals surface area contributed by atoms with Crippen LogP contribution in [0.1, 0.15) is 329 Å². The van der Waals surface area contributed by atoms with Crippen molar-refractivity contribution in [1.29, 1.82) is 0 Å². The highest BCUT2D eigenvalue weighted by Gasteiger charge is 2.19. The Kier molecular flexibility index (Phi) is 65.2. The summed E-state index contributed by atoms with van der Waals surface area (Å²) in [5, 5.41) is 0. The maximum absolute atomic E-state index is 12.9. The summed E-state index contributed by atoms with van der Waals surface area (Å²) in [5.41, 5.74) is 0. The second-order valence-electron chi connectivity index (χ2n) is 22.7. The van der Waals surface area contributed by atoms with Crippen LogP contribution < -0.4 is 0 Å². The van der Waals surface area contributed by atoms with Gasteiger partial charge in [0.25, 0.3) is 0 Å². The molecule has 0 aliphatic carbocycles. The first-order chi connectivity index (χ1) is 40.0. The number of allylic oxidation sites excluding steroid dienone is 18. The second-order valence-corrected chi connectivity index (χ2v) is 22.7. The SMILES string of the molecule is CC/C=C\C/C=C\C/C=C\C/C=C\C/C=C\C/C=C\C/C=C\CCCCCCCCCCCCCC(=O)OCC(COC(=O)CCCCCCC/C=C\CCCCCC)OC(=O)CCCCCCCCC/C=C\CCCCCCCC. The van der Waals surface area contributed by atoms with Crippen LogP contribution in [0.5, 0.6) is 0 Å². The zero-order valence-corrected chi connectivity index (χ0v) is 53.3. The lowest BCUT2D eigenvalue weighted by molar-refractivity contribution is -0.167. The molecule has 6 nitrogen and oxygen atoms in total. The van der Waals surface area contributed by atoms with Gasteiger partial charge in [-0.1, -0.05) is 291 Å². The van der Waals surface area contributed by atoms with Crippen molar-refractivity contribution in [2.45, 2.75) is 335 Å². The highest BCUT2D eigenvalue weighted by molar-refractivity contribution is 5.71. The van der Waals surface area contributed by atoms with Gasteiger partial charge in [0.05, 0.1) is 0 Å². The van der Waals surface area contributed by atoms with E-state index < -0.39 is 6.10 Å². The molecule has 0 aliphatic heterocycles. The fourth-order valence-electron chi connectivity index (χ4n) is 9.59. The first-order valence-corrected chi connectivity index (χ1v) is 34.4. The van der Waals surface area contributed by atoms with Crippen LogP contribution in [0.15, 0.2) is 109 Å². The van der Waals surface area contributed by atoms with Gasteiger partial charge in [-0.15, -0.1) is 0 Å². The van der Waals surface area contributed by atoms with Gasteiger partial charge < -0.3 is 14.2 Å². The Morgan fingerprint density at radius 1 is 0.259 bits per heavy atom. The molecular weight excluding hydrogens is 997 g/mol. The van der Waals surface area contributed by atoms with Crippen molar-refractivity contribution in [2.75, 3.05) is 13.2 Å². The van der Waals surface area contributed by atoms with Crippen LogP contribution >= 0.6 is 0 Å². The molecule has 0 N–H and O–H groups in total. The van der Waals surface area contributed by atoms with Gasteiger partial charge in [-0.2, -0.15) is 0 Å². The Balaban J connectivity index is 4.24. The molecule has 6 heteroatoms. The summed E-state index contributed by atoms with van der Waals surface area (Å²) in [7, 11) is 0. The maximum Gasteiger partial charge on any atom is 0.306 e. The standard InChI is InChI=1S/C75H128O6/c1-4-7-10-13-16-19-22-25-27-29-30-31-32-33-34-35-36-37-38-39-40-41-42-43-44-46-47-50-53-56-59-62-65-68-74(77)80-71-72(70-79-73(76)67-64-61-58-55-52-49-24-21-18-15-12-9-6-3)81-75(78)69-66-63-60-57-54-51-48-45-28-26-23-20-17-14-11-8-5-2/h7,10,16,19,21,24-28,30-31,33-34,36-37,39-40,72H,4-6,8-9,11-15,17-18,20,22-23,29,32,35,38,41-71H2,1-3H3/b10-7-,19-16-,24-21-,27-25-,28-26-,31-30-,34-33-,37-36-,40-39-. The summed E-state index contributed by atoms with van der Waals surface area (Å²) in [6.45, 7) is 6.52. The molecule has 0 aromatic rings. The van der Waals surface area contributed by atoms with E-state index in [0.717, 1.165) is 109 Å². The van der Waals surface area contributed by atoms with Crippen LogP contribution in [0, 0.1) is 0 Å². The average Bonchev–Trinajstić information content (AvgIpc) is 3.46. The monoisotopic (exact) mass is 1120 g/mol. The summed E-state index contributed by atoms with van der Waals surface area (Å²) in [5.74, 6) is -0.887. The zero-order chi connectivity index (χ0) is 58.5. The number of carbonyl (C=O) groups excluding carboxylic acids is 3. The molecule has 0 heterocycles. The van der Waals surface area contributed by atoms with Crippen molar-refractivity contribution >= 4 is 17.9 Å². The van der Waals surface area contributed by atoms with Gasteiger partial charge in [0.2, 0.25) is 0 Å². The maximum atomic E-state index is 12.9. The quantitative estimate of drug-likeness (QED) is 0.0261. The van der Waals surface area contributed by atoms with E-state index in [1.165, 1.54) is 180 Å². The number of rotatable bonds is 62. The van der Waals surface area contributed by atoms with E-state index in [9.17, 15) is 14.4 Å². The van der Waals surface area contributed by atoms with Gasteiger partial charge in [-0.3, -0.25) is 14.4 Å². The molecule has 0 amide bonds. The molecular formula is C75H128O6. The first-order valence-electron chi connectivity index (χ1n) is 34.4. The average molecular weight is 1130 g/mol. The number of unbranched alkanes of at least 4 members (excludes halogenated alkanes) is 33. The molecule has 1 unspecified atom stereocenters. The minimum atomic E-state index is -0.786. The normalized spacial score (nSPS) is 12.8. The Hall–Kier alpha value is -3.93. The smallest absolute Gasteiger partial charge is 0.306 e. The topological polar surface area (TPSA) is 78.9 Å². The Bertz CT molecular complexity index is 1620. The third-order valence-electron chi connectivity index (χ3n) is 14.7. The van der Waals surface area contributed by atoms with E-state index in [2.05, 4.69) is 130 Å². The summed E-state index contributed by atoms with van der Waals surface area (Å²) in [4.78, 5) is 38.3. The lowest BCUT2D eigenvalue weighted by atomic mass is 10.0. The lowest BCUT2D eigenvalue weighted by Crippen LogP contribution is -2.30. The van der Waals surface area contributed by atoms with Crippen molar-refractivity contribution in [2.24, 2.45) is 0 Å². The molecule has 0 aliphatic rings. The number of carbonyl (C=O) groups is 3. The van der Waals surface area contributed by atoms with Crippen LogP contribution in [0.4, 0.5) is 0 Å². The van der Waals surface area contributed by atoms with Gasteiger partial charge in [-0.05, 0) is 128 Å². The third kappa shape index (κ3) is 66.8. The van der Waals surface area contributed by atoms with Gasteiger partial charge in [0, 0.05) is 19.3 Å². The molecule has 81 heavy (non-hydrogen) atoms. The van der Waals surface area contributed by atoms with Crippen LogP contribution in [-0.4, -0.2) is 37.2 Å². The van der Waals surface area contributed by atoms with Crippen LogP contribution in [0.2, 0.25) is 0 Å². The summed E-state index contributed by atoms with van der Waals surface area (Å²) in [6.07, 6.45) is 93.9. The van der Waals surface area contributed by atoms with E-state index in [4.69, 9.17) is 14.2 Å². The fourth-order valence-corrected chi connectivity index (χ4v) is 9.59. The van der Waals surface area contributed by atoms with Crippen LogP contribution in [0.25, 0.3) is 0 Å². The Morgan fingerprint density at radius 2 is 0.481 bits per heavy atom. The van der Waals surface area contributed by atoms with E-state index in [-0.39, 0.29) is 31.1 Å². The predicted octanol–water partition coefficient (Wildman–Crippen LogP) is 23.8. The molecule has 0 spiro atoms. The predicted molar refractivity (Wildman–Crippen MR) is 353 cm³/mol. The van der Waals surface area contributed by atoms with Gasteiger partial charge in [0.1, 0.15) is 13.2 Å². The van der Waals surface area contributed by atoms with E-state index in [0.29, 0.717) is 19.3 Å². The minimum Gasteiger partial charge on any atom is -0.462 e. The molecule has 1 atom stereocenters. The van der Waals surface area contributed by atoms with Crippen LogP contribution in [0.3, 0.4) is 0 Å². The zero-order valence-electron chi connectivity index (χ0n) is 53.3. The van der Waals surface area contributed by atoms with Crippen molar-refractivity contribution in [3.63, 3.8) is 0 Å². The fraction of sp³-hybridized carbons (Fsp3) is 0.720. The minimum absolute atomic E-state index is 0.0823. The Morgan fingerprint density at radius 3 is 0.778 bits per heavy atom. The molecule has 0 rings (SSSR count). The van der Waals surface area contributed by atoms with Gasteiger partial charge >= 0.3 is 17.9 Å². The molecule has 0 saturated carbocycles. The van der Waals surface area contributed by atoms with Crippen molar-refractivity contribution < 1.29 is 28.6 Å². The largest absolute Gasteiger partial charge is 0.462 e. The summed E-state index contributed by atoms with van der Waals surface area (Å²) >= 11 is 0. The first kappa shape index (κ1) is 77.1. The lowest BCUT2D eigenvalue weighted by Gasteiger charge is -2.18. The number of hydrogen-bond acceptors (Lipinski definition) is 6. The number of ether oxygens (including phenoxy) is 3. The number of esters is 3. The van der Waals surface area contributed by atoms with Gasteiger partial charge in [-0.25, -0.2) is 0 Å². The van der Waals surface area contributed by atoms with E-state index in [1.807, 2.05) is 0 Å². The molecule has 0 saturated heterocycles. The highest BCUT2D eigenvalue weighted by atomic mass is 16.6.